The Balaban J connectivity index is 1.44. The molecule has 2 unspecified atom stereocenters. The highest BCUT2D eigenvalue weighted by Crippen LogP contribution is 2.34. The zero-order valence-electron chi connectivity index (χ0n) is 15.9. The number of ketones is 1. The van der Waals surface area contributed by atoms with Crippen LogP contribution in [0, 0.1) is 17.2 Å². The molecule has 1 amide bonds. The number of Topliss-reactive ketones (excluding diaryl/α,β-unsaturated/α-hetero) is 1. The first-order chi connectivity index (χ1) is 14.2. The van der Waals surface area contributed by atoms with Crippen LogP contribution in [0.15, 0.2) is 48.7 Å². The molecule has 2 fully saturated rings. The number of morpholine rings is 1. The van der Waals surface area contributed by atoms with Crippen molar-refractivity contribution in [3.05, 3.63) is 65.5 Å². The van der Waals surface area contributed by atoms with Crippen molar-refractivity contribution in [2.45, 2.75) is 31.5 Å². The zero-order valence-corrected chi connectivity index (χ0v) is 15.9. The molecule has 4 rings (SSSR count). The van der Waals surface area contributed by atoms with Gasteiger partial charge >= 0.3 is 6.09 Å². The Bertz CT molecular complexity index is 927. The molecule has 0 spiro atoms. The number of carbonyl (C=O) groups excluding carboxylic acids is 2. The Kier molecular flexibility index (Phi) is 5.54. The number of nitrogens with zero attached hydrogens (tertiary/aromatic N) is 3. The summed E-state index contributed by atoms with van der Waals surface area (Å²) in [6.07, 6.45) is 2.14. The first-order valence-electron chi connectivity index (χ1n) is 9.63. The van der Waals surface area contributed by atoms with Crippen molar-refractivity contribution in [1.82, 2.24) is 9.88 Å². The first kappa shape index (κ1) is 19.1. The summed E-state index contributed by atoms with van der Waals surface area (Å²) in [5.41, 5.74) is 1.64. The van der Waals surface area contributed by atoms with Crippen molar-refractivity contribution in [3.63, 3.8) is 0 Å². The van der Waals surface area contributed by atoms with Gasteiger partial charge in [-0.15, -0.1) is 0 Å². The molecule has 29 heavy (non-hydrogen) atoms. The third-order valence-electron chi connectivity index (χ3n) is 5.47. The predicted octanol–water partition coefficient (Wildman–Crippen LogP) is 2.95. The van der Waals surface area contributed by atoms with Crippen LogP contribution in [0.4, 0.5) is 4.79 Å². The Morgan fingerprint density at radius 1 is 1.17 bits per heavy atom. The van der Waals surface area contributed by atoms with Gasteiger partial charge in [0.15, 0.2) is 5.78 Å². The molecule has 3 heterocycles. The summed E-state index contributed by atoms with van der Waals surface area (Å²) in [7, 11) is 0. The van der Waals surface area contributed by atoms with Gasteiger partial charge in [-0.1, -0.05) is 30.3 Å². The molecule has 0 aliphatic carbocycles. The van der Waals surface area contributed by atoms with E-state index < -0.39 is 0 Å². The van der Waals surface area contributed by atoms with Gasteiger partial charge in [0.1, 0.15) is 18.4 Å². The number of carbonyl (C=O) groups is 2. The summed E-state index contributed by atoms with van der Waals surface area (Å²) in [5.74, 6) is -0.237. The molecule has 1 aromatic heterocycles. The number of ether oxygens (including phenoxy) is 2. The van der Waals surface area contributed by atoms with Crippen LogP contribution in [0.25, 0.3) is 0 Å². The molecule has 1 aromatic carbocycles. The van der Waals surface area contributed by atoms with Gasteiger partial charge in [-0.05, 0) is 30.5 Å². The highest BCUT2D eigenvalue weighted by molar-refractivity contribution is 5.98. The molecule has 7 heteroatoms. The number of hydrogen-bond acceptors (Lipinski definition) is 6. The molecular weight excluding hydrogens is 370 g/mol. The van der Waals surface area contributed by atoms with E-state index in [1.54, 1.807) is 11.0 Å². The van der Waals surface area contributed by atoms with E-state index in [1.807, 2.05) is 36.4 Å². The standard InChI is InChI=1S/C22H21N3O4/c23-11-18-8-16(6-7-24-18)21(26)17-9-19-13-28-14-20(10-17)25(19)22(27)29-12-15-4-2-1-3-5-15/h1-8,17,19-20H,9-10,12-14H2. The number of rotatable bonds is 4. The number of nitriles is 1. The lowest BCUT2D eigenvalue weighted by atomic mass is 9.81. The summed E-state index contributed by atoms with van der Waals surface area (Å²) >= 11 is 0. The molecule has 0 saturated carbocycles. The summed E-state index contributed by atoms with van der Waals surface area (Å²) in [5, 5.41) is 9.02. The number of amides is 1. The maximum atomic E-state index is 13.0. The van der Waals surface area contributed by atoms with Crippen LogP contribution in [0.3, 0.4) is 0 Å². The van der Waals surface area contributed by atoms with Gasteiger partial charge in [-0.2, -0.15) is 5.26 Å². The SMILES string of the molecule is N#Cc1cc(C(=O)C2CC3COCC(C2)N3C(=O)OCc2ccccc2)ccn1. The van der Waals surface area contributed by atoms with E-state index in [2.05, 4.69) is 4.98 Å². The van der Waals surface area contributed by atoms with E-state index in [4.69, 9.17) is 14.7 Å². The molecule has 0 N–H and O–H groups in total. The highest BCUT2D eigenvalue weighted by Gasteiger charge is 2.44. The Hall–Kier alpha value is -3.24. The summed E-state index contributed by atoms with van der Waals surface area (Å²) in [6, 6.07) is 14.3. The maximum Gasteiger partial charge on any atom is 0.410 e. The third-order valence-corrected chi connectivity index (χ3v) is 5.47. The van der Waals surface area contributed by atoms with Crippen LogP contribution < -0.4 is 0 Å². The highest BCUT2D eigenvalue weighted by atomic mass is 16.6. The Morgan fingerprint density at radius 2 is 1.90 bits per heavy atom. The molecule has 0 radical (unpaired) electrons. The number of fused-ring (bicyclic) bond motifs is 2. The molecule has 2 aliphatic rings. The molecule has 2 atom stereocenters. The maximum absolute atomic E-state index is 13.0. The van der Waals surface area contributed by atoms with Crippen molar-refractivity contribution >= 4 is 11.9 Å². The van der Waals surface area contributed by atoms with Crippen molar-refractivity contribution in [2.24, 2.45) is 5.92 Å². The molecule has 2 aliphatic heterocycles. The first-order valence-corrected chi connectivity index (χ1v) is 9.63. The summed E-state index contributed by atoms with van der Waals surface area (Å²) in [6.45, 7) is 0.994. The van der Waals surface area contributed by atoms with E-state index in [-0.39, 0.29) is 42.2 Å². The lowest BCUT2D eigenvalue weighted by Crippen LogP contribution is -2.59. The normalized spacial score (nSPS) is 23.1. The van der Waals surface area contributed by atoms with Gasteiger partial charge < -0.3 is 9.47 Å². The van der Waals surface area contributed by atoms with E-state index in [9.17, 15) is 9.59 Å². The van der Waals surface area contributed by atoms with Gasteiger partial charge in [-0.3, -0.25) is 9.69 Å². The lowest BCUT2D eigenvalue weighted by Gasteiger charge is -2.47. The van der Waals surface area contributed by atoms with Crippen molar-refractivity contribution in [1.29, 1.82) is 5.26 Å². The van der Waals surface area contributed by atoms with Crippen LogP contribution in [-0.4, -0.2) is 47.1 Å². The largest absolute Gasteiger partial charge is 0.445 e. The van der Waals surface area contributed by atoms with E-state index in [0.717, 1.165) is 5.56 Å². The van der Waals surface area contributed by atoms with E-state index >= 15 is 0 Å². The smallest absolute Gasteiger partial charge is 0.410 e. The number of benzene rings is 1. The summed E-state index contributed by atoms with van der Waals surface area (Å²) in [4.78, 5) is 31.4. The minimum Gasteiger partial charge on any atom is -0.445 e. The number of piperidine rings is 1. The second-order valence-corrected chi connectivity index (χ2v) is 7.37. The van der Waals surface area contributed by atoms with Gasteiger partial charge in [-0.25, -0.2) is 9.78 Å². The van der Waals surface area contributed by atoms with E-state index in [1.165, 1.54) is 12.3 Å². The van der Waals surface area contributed by atoms with Crippen molar-refractivity contribution in [3.8, 4) is 6.07 Å². The average molecular weight is 391 g/mol. The minimum absolute atomic E-state index is 0.0156. The molecular formula is C22H21N3O4. The monoisotopic (exact) mass is 391 g/mol. The topological polar surface area (TPSA) is 92.5 Å². The Labute approximate surface area is 168 Å². The van der Waals surface area contributed by atoms with Crippen molar-refractivity contribution in [2.75, 3.05) is 13.2 Å². The Morgan fingerprint density at radius 3 is 2.59 bits per heavy atom. The minimum atomic E-state index is -0.367. The van der Waals surface area contributed by atoms with Gasteiger partial charge in [0, 0.05) is 17.7 Å². The van der Waals surface area contributed by atoms with Gasteiger partial charge in [0.2, 0.25) is 0 Å². The number of hydrogen-bond donors (Lipinski definition) is 0. The fourth-order valence-electron chi connectivity index (χ4n) is 4.10. The zero-order chi connectivity index (χ0) is 20.2. The molecule has 2 saturated heterocycles. The molecule has 2 aromatic rings. The fourth-order valence-corrected chi connectivity index (χ4v) is 4.10. The van der Waals surface area contributed by atoms with Crippen LogP contribution in [0.2, 0.25) is 0 Å². The van der Waals surface area contributed by atoms with Crippen molar-refractivity contribution < 1.29 is 19.1 Å². The lowest BCUT2D eigenvalue weighted by molar-refractivity contribution is -0.0755. The third kappa shape index (κ3) is 4.13. The second-order valence-electron chi connectivity index (χ2n) is 7.37. The number of pyridine rings is 1. The van der Waals surface area contributed by atoms with Gasteiger partial charge in [0.05, 0.1) is 25.3 Å². The molecule has 148 valence electrons. The summed E-state index contributed by atoms with van der Waals surface area (Å²) < 4.78 is 11.2. The fraction of sp³-hybridized carbons (Fsp3) is 0.364. The van der Waals surface area contributed by atoms with Crippen LogP contribution in [0.5, 0.6) is 0 Å². The van der Waals surface area contributed by atoms with Gasteiger partial charge in [0.25, 0.3) is 0 Å². The van der Waals surface area contributed by atoms with Crippen LogP contribution in [0.1, 0.15) is 34.5 Å². The second kappa shape index (κ2) is 8.41. The molecule has 7 nitrogen and oxygen atoms in total. The average Bonchev–Trinajstić information content (AvgIpc) is 2.76. The van der Waals surface area contributed by atoms with Crippen LogP contribution in [-0.2, 0) is 16.1 Å². The quantitative estimate of drug-likeness (QED) is 0.744. The number of aromatic nitrogens is 1. The van der Waals surface area contributed by atoms with E-state index in [0.29, 0.717) is 31.6 Å². The predicted molar refractivity (Wildman–Crippen MR) is 103 cm³/mol. The van der Waals surface area contributed by atoms with Crippen LogP contribution >= 0.6 is 0 Å². The molecule has 2 bridgehead atoms.